The fourth-order valence-corrected chi connectivity index (χ4v) is 5.65. The van der Waals surface area contributed by atoms with Crippen molar-refractivity contribution in [2.24, 2.45) is 0 Å². The van der Waals surface area contributed by atoms with Crippen molar-refractivity contribution < 1.29 is 9.13 Å². The maximum absolute atomic E-state index is 13.8. The van der Waals surface area contributed by atoms with Gasteiger partial charge in [0.05, 0.1) is 29.5 Å². The molecule has 2 fully saturated rings. The minimum atomic E-state index is -0.419. The number of halogens is 1. The van der Waals surface area contributed by atoms with Crippen LogP contribution in [0.5, 0.6) is 5.88 Å². The van der Waals surface area contributed by atoms with Gasteiger partial charge >= 0.3 is 0 Å². The van der Waals surface area contributed by atoms with E-state index in [1.165, 1.54) is 11.8 Å². The molecule has 0 radical (unpaired) electrons. The topological polar surface area (TPSA) is 44.7 Å². The Morgan fingerprint density at radius 1 is 0.714 bits per heavy atom. The Morgan fingerprint density at radius 3 is 1.97 bits per heavy atom. The molecular formula is C28H30FN5O. The zero-order valence-electron chi connectivity index (χ0n) is 20.0. The summed E-state index contributed by atoms with van der Waals surface area (Å²) >= 11 is 0. The quantitative estimate of drug-likeness (QED) is 0.401. The van der Waals surface area contributed by atoms with E-state index in [9.17, 15) is 4.39 Å². The van der Waals surface area contributed by atoms with Crippen molar-refractivity contribution in [1.29, 1.82) is 0 Å². The number of benzene rings is 2. The lowest BCUT2D eigenvalue weighted by Gasteiger charge is -2.44. The predicted octanol–water partition coefficient (Wildman–Crippen LogP) is 4.72. The van der Waals surface area contributed by atoms with E-state index in [1.54, 1.807) is 7.11 Å². The molecule has 7 heteroatoms. The largest absolute Gasteiger partial charge is 0.481 e. The zero-order chi connectivity index (χ0) is 23.8. The fourth-order valence-electron chi connectivity index (χ4n) is 5.65. The van der Waals surface area contributed by atoms with Crippen LogP contribution in [0, 0.1) is 5.95 Å². The number of hydrogen-bond donors (Lipinski definition) is 0. The average Bonchev–Trinajstić information content (AvgIpc) is 2.92. The van der Waals surface area contributed by atoms with Crippen LogP contribution in [0.15, 0.2) is 60.7 Å². The summed E-state index contributed by atoms with van der Waals surface area (Å²) in [4.78, 5) is 16.4. The number of ether oxygens (including phenoxy) is 1. The molecule has 2 saturated heterocycles. The number of methoxy groups -OCH3 is 1. The van der Waals surface area contributed by atoms with Crippen LogP contribution in [0.2, 0.25) is 0 Å². The monoisotopic (exact) mass is 471 g/mol. The molecule has 0 atom stereocenters. The van der Waals surface area contributed by atoms with Crippen molar-refractivity contribution in [3.63, 3.8) is 0 Å². The SMILES string of the molecule is COc1ccc2cccc(N3CCN(C4CCN(c5cccc6ccc(F)nc56)CC4)CC3)c2n1. The molecule has 6 rings (SSSR count). The molecule has 0 aliphatic carbocycles. The van der Waals surface area contributed by atoms with Gasteiger partial charge < -0.3 is 14.5 Å². The first kappa shape index (κ1) is 22.0. The number of piperidine rings is 1. The third-order valence-corrected chi connectivity index (χ3v) is 7.52. The molecule has 2 aromatic carbocycles. The normalized spacial score (nSPS) is 17.9. The Labute approximate surface area is 204 Å². The molecule has 0 unspecified atom stereocenters. The molecule has 0 amide bonds. The summed E-state index contributed by atoms with van der Waals surface area (Å²) in [6.45, 7) is 6.01. The Morgan fingerprint density at radius 2 is 1.31 bits per heavy atom. The molecule has 0 saturated carbocycles. The average molecular weight is 472 g/mol. The first-order chi connectivity index (χ1) is 17.2. The first-order valence-electron chi connectivity index (χ1n) is 12.4. The van der Waals surface area contributed by atoms with Crippen molar-refractivity contribution in [1.82, 2.24) is 14.9 Å². The van der Waals surface area contributed by atoms with E-state index >= 15 is 0 Å². The molecule has 0 N–H and O–H groups in total. The molecule has 4 aromatic rings. The van der Waals surface area contributed by atoms with Crippen LogP contribution in [0.1, 0.15) is 12.8 Å². The Hall–Kier alpha value is -3.45. The number of piperazine rings is 1. The van der Waals surface area contributed by atoms with Crippen molar-refractivity contribution in [2.75, 3.05) is 56.2 Å². The number of para-hydroxylation sites is 2. The van der Waals surface area contributed by atoms with Crippen molar-refractivity contribution >= 4 is 33.2 Å². The van der Waals surface area contributed by atoms with Gasteiger partial charge in [-0.15, -0.1) is 0 Å². The third-order valence-electron chi connectivity index (χ3n) is 7.52. The van der Waals surface area contributed by atoms with Crippen LogP contribution >= 0.6 is 0 Å². The molecule has 2 aliphatic rings. The summed E-state index contributed by atoms with van der Waals surface area (Å²) in [6.07, 6.45) is 2.22. The van der Waals surface area contributed by atoms with E-state index in [2.05, 4.69) is 50.0 Å². The highest BCUT2D eigenvalue weighted by Crippen LogP contribution is 2.31. The second-order valence-corrected chi connectivity index (χ2v) is 9.43. The summed E-state index contributed by atoms with van der Waals surface area (Å²) in [5.41, 5.74) is 4.00. The maximum atomic E-state index is 13.8. The van der Waals surface area contributed by atoms with Crippen LogP contribution in [0.4, 0.5) is 15.8 Å². The van der Waals surface area contributed by atoms with Crippen molar-refractivity contribution in [3.05, 3.63) is 66.6 Å². The smallest absolute Gasteiger partial charge is 0.213 e. The molecule has 2 aromatic heterocycles. The number of anilines is 2. The molecule has 4 heterocycles. The molecular weight excluding hydrogens is 441 g/mol. The summed E-state index contributed by atoms with van der Waals surface area (Å²) < 4.78 is 19.2. The second-order valence-electron chi connectivity index (χ2n) is 9.43. The molecule has 0 bridgehead atoms. The lowest BCUT2D eigenvalue weighted by molar-refractivity contribution is 0.160. The van der Waals surface area contributed by atoms with E-state index in [0.29, 0.717) is 11.9 Å². The molecule has 6 nitrogen and oxygen atoms in total. The van der Waals surface area contributed by atoms with Crippen LogP contribution in [-0.2, 0) is 0 Å². The van der Waals surface area contributed by atoms with Gasteiger partial charge in [-0.25, -0.2) is 9.97 Å². The van der Waals surface area contributed by atoms with Gasteiger partial charge in [0.25, 0.3) is 0 Å². The number of pyridine rings is 2. The number of fused-ring (bicyclic) bond motifs is 2. The summed E-state index contributed by atoms with van der Waals surface area (Å²) in [7, 11) is 1.66. The Balaban J connectivity index is 1.11. The molecule has 180 valence electrons. The number of nitrogens with zero attached hydrogens (tertiary/aromatic N) is 5. The number of hydrogen-bond acceptors (Lipinski definition) is 6. The lowest BCUT2D eigenvalue weighted by Crippen LogP contribution is -2.53. The zero-order valence-corrected chi connectivity index (χ0v) is 20.0. The standard InChI is InChI=1S/C28H30FN5O/c1-35-26-11-9-21-5-3-7-24(28(21)31-26)34-18-16-32(17-19-34)22-12-14-33(15-13-22)23-6-2-4-20-8-10-25(29)30-27(20)23/h2-11,22H,12-19H2,1H3. The highest BCUT2D eigenvalue weighted by molar-refractivity contribution is 5.92. The van der Waals surface area contributed by atoms with Crippen LogP contribution in [0.3, 0.4) is 0 Å². The highest BCUT2D eigenvalue weighted by atomic mass is 19.1. The highest BCUT2D eigenvalue weighted by Gasteiger charge is 2.29. The van der Waals surface area contributed by atoms with Gasteiger partial charge in [-0.2, -0.15) is 4.39 Å². The summed E-state index contributed by atoms with van der Waals surface area (Å²) in [6, 6.07) is 20.3. The van der Waals surface area contributed by atoms with Gasteiger partial charge in [0, 0.05) is 62.1 Å². The van der Waals surface area contributed by atoms with E-state index in [0.717, 1.165) is 79.6 Å². The maximum Gasteiger partial charge on any atom is 0.213 e. The van der Waals surface area contributed by atoms with Crippen LogP contribution < -0.4 is 14.5 Å². The van der Waals surface area contributed by atoms with E-state index < -0.39 is 5.95 Å². The first-order valence-corrected chi connectivity index (χ1v) is 12.4. The van der Waals surface area contributed by atoms with Gasteiger partial charge in [-0.1, -0.05) is 24.3 Å². The van der Waals surface area contributed by atoms with Gasteiger partial charge in [-0.05, 0) is 43.2 Å². The molecule has 0 spiro atoms. The molecule has 35 heavy (non-hydrogen) atoms. The van der Waals surface area contributed by atoms with E-state index in [4.69, 9.17) is 9.72 Å². The van der Waals surface area contributed by atoms with Crippen LogP contribution in [0.25, 0.3) is 21.8 Å². The minimum Gasteiger partial charge on any atom is -0.481 e. The lowest BCUT2D eigenvalue weighted by atomic mass is 10.0. The Kier molecular flexibility index (Phi) is 5.86. The number of aromatic nitrogens is 2. The summed E-state index contributed by atoms with van der Waals surface area (Å²) in [5, 5.41) is 2.13. The fraction of sp³-hybridized carbons (Fsp3) is 0.357. The second kappa shape index (κ2) is 9.30. The summed E-state index contributed by atoms with van der Waals surface area (Å²) in [5.74, 6) is 0.233. The third kappa shape index (κ3) is 4.25. The van der Waals surface area contributed by atoms with Crippen LogP contribution in [-0.4, -0.2) is 67.3 Å². The Bertz CT molecular complexity index is 1350. The van der Waals surface area contributed by atoms with Gasteiger partial charge in [0.15, 0.2) is 0 Å². The minimum absolute atomic E-state index is 0.419. The van der Waals surface area contributed by atoms with Gasteiger partial charge in [0.2, 0.25) is 11.8 Å². The molecule has 2 aliphatic heterocycles. The van der Waals surface area contributed by atoms with E-state index in [-0.39, 0.29) is 0 Å². The van der Waals surface area contributed by atoms with E-state index in [1.807, 2.05) is 24.3 Å². The van der Waals surface area contributed by atoms with Gasteiger partial charge in [0.1, 0.15) is 0 Å². The van der Waals surface area contributed by atoms with Crippen molar-refractivity contribution in [2.45, 2.75) is 18.9 Å². The predicted molar refractivity (Wildman–Crippen MR) is 139 cm³/mol. The van der Waals surface area contributed by atoms with Gasteiger partial charge in [-0.3, -0.25) is 4.90 Å². The van der Waals surface area contributed by atoms with Crippen molar-refractivity contribution in [3.8, 4) is 5.88 Å². The number of rotatable bonds is 4.